The Hall–Kier alpha value is -2.74. The van der Waals surface area contributed by atoms with Gasteiger partial charge in [-0.2, -0.15) is 0 Å². The minimum atomic E-state index is -0.292. The molecule has 0 spiro atoms. The number of nitrogens with zero attached hydrogens (tertiary/aromatic N) is 2. The lowest BCUT2D eigenvalue weighted by atomic mass is 10.2. The molecule has 8 heteroatoms. The third kappa shape index (κ3) is 3.69. The van der Waals surface area contributed by atoms with Gasteiger partial charge in [0.15, 0.2) is 4.96 Å². The van der Waals surface area contributed by atoms with Crippen molar-refractivity contribution in [3.8, 4) is 11.3 Å². The van der Waals surface area contributed by atoms with Crippen LogP contribution in [0.25, 0.3) is 16.2 Å². The van der Waals surface area contributed by atoms with Gasteiger partial charge in [0.1, 0.15) is 10.7 Å². The second-order valence-electron chi connectivity index (χ2n) is 5.54. The first-order valence-corrected chi connectivity index (χ1v) is 8.54. The molecule has 0 radical (unpaired) electrons. The Morgan fingerprint density at radius 1 is 1.20 bits per heavy atom. The number of rotatable bonds is 5. The summed E-state index contributed by atoms with van der Waals surface area (Å²) in [6.07, 6.45) is 1.84. The van der Waals surface area contributed by atoms with Gasteiger partial charge in [0.25, 0.3) is 5.91 Å². The quantitative estimate of drug-likeness (QED) is 0.686. The van der Waals surface area contributed by atoms with Crippen LogP contribution < -0.4 is 10.6 Å². The fourth-order valence-corrected chi connectivity index (χ4v) is 3.44. The standard InChI is InChI=1S/C17H17FN4O2S/c1-10-15(16(24)20-8-7-19-11(2)23)25-17-21-14(9-22(10)17)12-3-5-13(18)6-4-12/h3-6,9H,7-8H2,1-2H3,(H,19,23)(H,20,24). The number of fused-ring (bicyclic) bond motifs is 1. The largest absolute Gasteiger partial charge is 0.355 e. The molecule has 2 amide bonds. The second kappa shape index (κ2) is 7.02. The van der Waals surface area contributed by atoms with Gasteiger partial charge in [0, 0.05) is 37.5 Å². The zero-order valence-electron chi connectivity index (χ0n) is 13.8. The van der Waals surface area contributed by atoms with Crippen LogP contribution in [0.15, 0.2) is 30.5 Å². The maximum absolute atomic E-state index is 13.0. The normalized spacial score (nSPS) is 10.8. The summed E-state index contributed by atoms with van der Waals surface area (Å²) in [5.74, 6) is -0.616. The molecule has 6 nitrogen and oxygen atoms in total. The first-order valence-electron chi connectivity index (χ1n) is 7.73. The number of benzene rings is 1. The number of aryl methyl sites for hydroxylation is 1. The van der Waals surface area contributed by atoms with Crippen LogP contribution >= 0.6 is 11.3 Å². The maximum atomic E-state index is 13.0. The summed E-state index contributed by atoms with van der Waals surface area (Å²) >= 11 is 1.29. The molecule has 0 atom stereocenters. The highest BCUT2D eigenvalue weighted by Gasteiger charge is 2.17. The van der Waals surface area contributed by atoms with Crippen LogP contribution in [0.3, 0.4) is 0 Å². The van der Waals surface area contributed by atoms with Crippen molar-refractivity contribution in [2.24, 2.45) is 0 Å². The van der Waals surface area contributed by atoms with Crippen molar-refractivity contribution in [2.75, 3.05) is 13.1 Å². The van der Waals surface area contributed by atoms with Crippen molar-refractivity contribution < 1.29 is 14.0 Å². The molecular weight excluding hydrogens is 343 g/mol. The lowest BCUT2D eigenvalue weighted by molar-refractivity contribution is -0.118. The van der Waals surface area contributed by atoms with Gasteiger partial charge in [-0.15, -0.1) is 0 Å². The van der Waals surface area contributed by atoms with E-state index < -0.39 is 0 Å². The van der Waals surface area contributed by atoms with Gasteiger partial charge in [-0.05, 0) is 31.2 Å². The molecule has 0 bridgehead atoms. The molecule has 0 aliphatic carbocycles. The molecule has 130 valence electrons. The first-order chi connectivity index (χ1) is 12.0. The maximum Gasteiger partial charge on any atom is 0.263 e. The highest BCUT2D eigenvalue weighted by molar-refractivity contribution is 7.19. The third-order valence-electron chi connectivity index (χ3n) is 3.69. The Kier molecular flexibility index (Phi) is 4.80. The van der Waals surface area contributed by atoms with Crippen LogP contribution in [0.5, 0.6) is 0 Å². The minimum Gasteiger partial charge on any atom is -0.355 e. The van der Waals surface area contributed by atoms with E-state index in [-0.39, 0.29) is 17.6 Å². The molecule has 0 fully saturated rings. The van der Waals surface area contributed by atoms with E-state index in [9.17, 15) is 14.0 Å². The Bertz CT molecular complexity index is 930. The summed E-state index contributed by atoms with van der Waals surface area (Å²) in [6.45, 7) is 4.03. The number of thiazole rings is 1. The zero-order valence-corrected chi connectivity index (χ0v) is 14.6. The summed E-state index contributed by atoms with van der Waals surface area (Å²) in [5.41, 5.74) is 2.34. The van der Waals surface area contributed by atoms with Gasteiger partial charge < -0.3 is 10.6 Å². The van der Waals surface area contributed by atoms with E-state index in [0.29, 0.717) is 22.9 Å². The van der Waals surface area contributed by atoms with Gasteiger partial charge in [-0.3, -0.25) is 14.0 Å². The summed E-state index contributed by atoms with van der Waals surface area (Å²) in [7, 11) is 0. The molecular formula is C17H17FN4O2S. The molecule has 0 unspecified atom stereocenters. The van der Waals surface area contributed by atoms with Crippen molar-refractivity contribution in [1.29, 1.82) is 0 Å². The lowest BCUT2D eigenvalue weighted by Crippen LogP contribution is -2.33. The number of halogens is 1. The van der Waals surface area contributed by atoms with E-state index in [4.69, 9.17) is 0 Å². The number of hydrogen-bond acceptors (Lipinski definition) is 4. The van der Waals surface area contributed by atoms with Crippen molar-refractivity contribution in [2.45, 2.75) is 13.8 Å². The number of amides is 2. The fourth-order valence-electron chi connectivity index (χ4n) is 2.42. The van der Waals surface area contributed by atoms with Gasteiger partial charge in [0.2, 0.25) is 5.91 Å². The fraction of sp³-hybridized carbons (Fsp3) is 0.235. The molecule has 3 rings (SSSR count). The number of imidazole rings is 1. The lowest BCUT2D eigenvalue weighted by Gasteiger charge is -2.04. The Balaban J connectivity index is 1.77. The summed E-state index contributed by atoms with van der Waals surface area (Å²) in [4.78, 5) is 28.9. The number of carbonyl (C=O) groups excluding carboxylic acids is 2. The van der Waals surface area contributed by atoms with E-state index in [1.165, 1.54) is 30.4 Å². The molecule has 1 aromatic carbocycles. The van der Waals surface area contributed by atoms with Crippen LogP contribution in [0.2, 0.25) is 0 Å². The summed E-state index contributed by atoms with van der Waals surface area (Å²) in [6, 6.07) is 6.13. The smallest absolute Gasteiger partial charge is 0.263 e. The summed E-state index contributed by atoms with van der Waals surface area (Å²) in [5, 5.41) is 5.40. The molecule has 0 aliphatic heterocycles. The topological polar surface area (TPSA) is 75.5 Å². The number of aromatic nitrogens is 2. The van der Waals surface area contributed by atoms with E-state index in [2.05, 4.69) is 15.6 Å². The monoisotopic (exact) mass is 360 g/mol. The van der Waals surface area contributed by atoms with Gasteiger partial charge in [-0.25, -0.2) is 9.37 Å². The van der Waals surface area contributed by atoms with Crippen molar-refractivity contribution in [3.05, 3.63) is 46.9 Å². The van der Waals surface area contributed by atoms with Crippen LogP contribution in [-0.4, -0.2) is 34.3 Å². The van der Waals surface area contributed by atoms with E-state index in [1.807, 2.05) is 17.5 Å². The molecule has 2 N–H and O–H groups in total. The Labute approximate surface area is 147 Å². The van der Waals surface area contributed by atoms with Gasteiger partial charge >= 0.3 is 0 Å². The van der Waals surface area contributed by atoms with Crippen LogP contribution in [0.4, 0.5) is 4.39 Å². The molecule has 0 aliphatic rings. The van der Waals surface area contributed by atoms with Crippen LogP contribution in [-0.2, 0) is 4.79 Å². The molecule has 3 aromatic rings. The number of hydrogen-bond donors (Lipinski definition) is 2. The second-order valence-corrected chi connectivity index (χ2v) is 6.52. The van der Waals surface area contributed by atoms with E-state index in [0.717, 1.165) is 17.0 Å². The first kappa shape index (κ1) is 17.1. The van der Waals surface area contributed by atoms with Crippen LogP contribution in [0.1, 0.15) is 22.3 Å². The molecule has 25 heavy (non-hydrogen) atoms. The average Bonchev–Trinajstić information content (AvgIpc) is 3.12. The predicted octanol–water partition coefficient (Wildman–Crippen LogP) is 2.38. The van der Waals surface area contributed by atoms with Gasteiger partial charge in [-0.1, -0.05) is 11.3 Å². The predicted molar refractivity (Wildman–Crippen MR) is 94.2 cm³/mol. The molecule has 2 aromatic heterocycles. The highest BCUT2D eigenvalue weighted by atomic mass is 32.1. The third-order valence-corrected chi connectivity index (χ3v) is 4.84. The molecule has 0 saturated carbocycles. The van der Waals surface area contributed by atoms with Crippen molar-refractivity contribution in [3.63, 3.8) is 0 Å². The van der Waals surface area contributed by atoms with Gasteiger partial charge in [0.05, 0.1) is 5.69 Å². The van der Waals surface area contributed by atoms with E-state index in [1.54, 1.807) is 12.1 Å². The number of nitrogens with one attached hydrogen (secondary N) is 2. The van der Waals surface area contributed by atoms with E-state index >= 15 is 0 Å². The minimum absolute atomic E-state index is 0.131. The molecule has 0 saturated heterocycles. The zero-order chi connectivity index (χ0) is 18.0. The highest BCUT2D eigenvalue weighted by Crippen LogP contribution is 2.27. The van der Waals surface area contributed by atoms with Crippen LogP contribution in [0, 0.1) is 12.7 Å². The molecule has 2 heterocycles. The number of carbonyl (C=O) groups is 2. The Morgan fingerprint density at radius 3 is 2.52 bits per heavy atom. The Morgan fingerprint density at radius 2 is 1.88 bits per heavy atom. The SMILES string of the molecule is CC(=O)NCCNC(=O)c1sc2nc(-c3ccc(F)cc3)cn2c1C. The average molecular weight is 360 g/mol. The van der Waals surface area contributed by atoms with Crippen molar-refractivity contribution in [1.82, 2.24) is 20.0 Å². The van der Waals surface area contributed by atoms with Crippen molar-refractivity contribution >= 4 is 28.1 Å². The summed E-state index contributed by atoms with van der Waals surface area (Å²) < 4.78 is 14.9.